The van der Waals surface area contributed by atoms with Gasteiger partial charge in [0, 0.05) is 0 Å². The Morgan fingerprint density at radius 3 is 2.53 bits per heavy atom. The zero-order valence-electron chi connectivity index (χ0n) is 9.20. The Bertz CT molecular complexity index is 344. The molecule has 0 atom stereocenters. The second kappa shape index (κ2) is 4.39. The highest BCUT2D eigenvalue weighted by Crippen LogP contribution is 2.14. The van der Waals surface area contributed by atoms with Crippen LogP contribution in [0.3, 0.4) is 0 Å². The first-order chi connectivity index (χ1) is 7.01. The molecule has 3 N–H and O–H groups in total. The minimum atomic E-state index is -0.873. The van der Waals surface area contributed by atoms with Gasteiger partial charge in [-0.05, 0) is 19.8 Å². The highest BCUT2D eigenvalue weighted by molar-refractivity contribution is 5.96. The SMILES string of the molecule is CCC(N)(CC)C(=O)Nc1nc(C)no1. The van der Waals surface area contributed by atoms with Crippen molar-refractivity contribution in [3.05, 3.63) is 5.82 Å². The molecule has 84 valence electrons. The maximum Gasteiger partial charge on any atom is 0.328 e. The number of hydrogen-bond donors (Lipinski definition) is 2. The number of nitrogens with one attached hydrogen (secondary N) is 1. The minimum Gasteiger partial charge on any atom is -0.317 e. The highest BCUT2D eigenvalue weighted by atomic mass is 16.5. The molecule has 0 aliphatic rings. The quantitative estimate of drug-likeness (QED) is 0.771. The molecular weight excluding hydrogens is 196 g/mol. The molecule has 0 saturated carbocycles. The van der Waals surface area contributed by atoms with Crippen LogP contribution in [-0.2, 0) is 4.79 Å². The maximum absolute atomic E-state index is 11.7. The topological polar surface area (TPSA) is 94.0 Å². The summed E-state index contributed by atoms with van der Waals surface area (Å²) in [5.41, 5.74) is 5.02. The second-order valence-corrected chi connectivity index (χ2v) is 3.46. The van der Waals surface area contributed by atoms with E-state index in [1.54, 1.807) is 6.92 Å². The average molecular weight is 212 g/mol. The molecule has 0 bridgehead atoms. The van der Waals surface area contributed by atoms with E-state index >= 15 is 0 Å². The van der Waals surface area contributed by atoms with Gasteiger partial charge >= 0.3 is 6.01 Å². The fourth-order valence-corrected chi connectivity index (χ4v) is 1.14. The van der Waals surface area contributed by atoms with Crippen LogP contribution in [0, 0.1) is 6.92 Å². The molecular formula is C9H16N4O2. The highest BCUT2D eigenvalue weighted by Gasteiger charge is 2.30. The molecule has 0 aliphatic carbocycles. The number of carbonyl (C=O) groups excluding carboxylic acids is 1. The van der Waals surface area contributed by atoms with Gasteiger partial charge in [0.1, 0.15) is 0 Å². The monoisotopic (exact) mass is 212 g/mol. The Morgan fingerprint density at radius 2 is 2.13 bits per heavy atom. The summed E-state index contributed by atoms with van der Waals surface area (Å²) in [4.78, 5) is 15.6. The summed E-state index contributed by atoms with van der Waals surface area (Å²) in [6.07, 6.45) is 1.12. The van der Waals surface area contributed by atoms with E-state index in [9.17, 15) is 4.79 Å². The van der Waals surface area contributed by atoms with Gasteiger partial charge < -0.3 is 10.3 Å². The number of hydrogen-bond acceptors (Lipinski definition) is 5. The van der Waals surface area contributed by atoms with Crippen molar-refractivity contribution in [3.63, 3.8) is 0 Å². The zero-order chi connectivity index (χ0) is 11.5. The lowest BCUT2D eigenvalue weighted by molar-refractivity contribution is -0.121. The molecule has 6 heteroatoms. The standard InChI is InChI=1S/C9H16N4O2/c1-4-9(10,5-2)7(14)12-8-11-6(3)13-15-8/h4-5,10H2,1-3H3,(H,11,12,13,14). The summed E-state index contributed by atoms with van der Waals surface area (Å²) < 4.78 is 4.77. The Morgan fingerprint density at radius 1 is 1.53 bits per heavy atom. The van der Waals surface area contributed by atoms with Crippen LogP contribution in [-0.4, -0.2) is 21.6 Å². The molecule has 15 heavy (non-hydrogen) atoms. The molecule has 0 aliphatic heterocycles. The van der Waals surface area contributed by atoms with Crippen molar-refractivity contribution in [1.29, 1.82) is 0 Å². The Labute approximate surface area is 88.2 Å². The van der Waals surface area contributed by atoms with E-state index in [1.165, 1.54) is 0 Å². The first-order valence-corrected chi connectivity index (χ1v) is 4.92. The Balaban J connectivity index is 2.70. The normalized spacial score (nSPS) is 11.5. The van der Waals surface area contributed by atoms with Crippen molar-refractivity contribution in [3.8, 4) is 0 Å². The molecule has 0 spiro atoms. The molecule has 0 unspecified atom stereocenters. The number of anilines is 1. The summed E-state index contributed by atoms with van der Waals surface area (Å²) in [6, 6.07) is 0.0919. The molecule has 1 rings (SSSR count). The number of carbonyl (C=O) groups is 1. The predicted octanol–water partition coefficient (Wildman–Crippen LogP) is 0.834. The summed E-state index contributed by atoms with van der Waals surface area (Å²) >= 11 is 0. The van der Waals surface area contributed by atoms with Crippen molar-refractivity contribution in [1.82, 2.24) is 10.1 Å². The number of aromatic nitrogens is 2. The molecule has 1 aromatic heterocycles. The van der Waals surface area contributed by atoms with Crippen molar-refractivity contribution >= 4 is 11.9 Å². The molecule has 0 fully saturated rings. The number of aryl methyl sites for hydroxylation is 1. The first-order valence-electron chi connectivity index (χ1n) is 4.92. The summed E-state index contributed by atoms with van der Waals surface area (Å²) in [5.74, 6) is 0.178. The number of amides is 1. The molecule has 6 nitrogen and oxygen atoms in total. The van der Waals surface area contributed by atoms with E-state index in [1.807, 2.05) is 13.8 Å². The largest absolute Gasteiger partial charge is 0.328 e. The van der Waals surface area contributed by atoms with Crippen LogP contribution in [0.15, 0.2) is 4.52 Å². The van der Waals surface area contributed by atoms with Crippen LogP contribution in [0.5, 0.6) is 0 Å². The third-order valence-corrected chi connectivity index (χ3v) is 2.46. The van der Waals surface area contributed by atoms with Gasteiger partial charge in [-0.3, -0.25) is 10.1 Å². The summed E-state index contributed by atoms with van der Waals surface area (Å²) in [6.45, 7) is 5.40. The van der Waals surface area contributed by atoms with Crippen LogP contribution in [0.2, 0.25) is 0 Å². The fourth-order valence-electron chi connectivity index (χ4n) is 1.14. The molecule has 1 amide bonds. The Kier molecular flexibility index (Phi) is 3.41. The molecule has 0 aromatic carbocycles. The van der Waals surface area contributed by atoms with E-state index in [2.05, 4.69) is 15.5 Å². The number of rotatable bonds is 4. The van der Waals surface area contributed by atoms with Gasteiger partial charge in [-0.2, -0.15) is 4.98 Å². The van der Waals surface area contributed by atoms with E-state index in [-0.39, 0.29) is 11.9 Å². The van der Waals surface area contributed by atoms with Crippen LogP contribution in [0.4, 0.5) is 6.01 Å². The Hall–Kier alpha value is -1.43. The zero-order valence-corrected chi connectivity index (χ0v) is 9.20. The van der Waals surface area contributed by atoms with Crippen molar-refractivity contribution in [2.45, 2.75) is 39.2 Å². The van der Waals surface area contributed by atoms with Gasteiger partial charge in [0.2, 0.25) is 5.91 Å². The second-order valence-electron chi connectivity index (χ2n) is 3.46. The number of nitrogens with two attached hydrogens (primary N) is 1. The van der Waals surface area contributed by atoms with Gasteiger partial charge in [0.15, 0.2) is 5.82 Å². The van der Waals surface area contributed by atoms with E-state index in [0.717, 1.165) is 0 Å². The van der Waals surface area contributed by atoms with Crippen molar-refractivity contribution < 1.29 is 9.32 Å². The van der Waals surface area contributed by atoms with Gasteiger partial charge in [-0.15, -0.1) is 0 Å². The molecule has 0 radical (unpaired) electrons. The average Bonchev–Trinajstić information content (AvgIpc) is 2.62. The van der Waals surface area contributed by atoms with Gasteiger partial charge in [-0.25, -0.2) is 0 Å². The lowest BCUT2D eigenvalue weighted by atomic mass is 9.93. The maximum atomic E-state index is 11.7. The van der Waals surface area contributed by atoms with Crippen molar-refractivity contribution in [2.75, 3.05) is 5.32 Å². The van der Waals surface area contributed by atoms with Crippen LogP contribution >= 0.6 is 0 Å². The molecule has 0 saturated heterocycles. The van der Waals surface area contributed by atoms with Crippen molar-refractivity contribution in [2.24, 2.45) is 5.73 Å². The van der Waals surface area contributed by atoms with Crippen LogP contribution in [0.1, 0.15) is 32.5 Å². The van der Waals surface area contributed by atoms with Crippen LogP contribution in [0.25, 0.3) is 0 Å². The van der Waals surface area contributed by atoms with Gasteiger partial charge in [0.05, 0.1) is 5.54 Å². The number of nitrogens with zero attached hydrogens (tertiary/aromatic N) is 2. The van der Waals surface area contributed by atoms with Crippen LogP contribution < -0.4 is 11.1 Å². The fraction of sp³-hybridized carbons (Fsp3) is 0.667. The molecule has 1 aromatic rings. The van der Waals surface area contributed by atoms with E-state index < -0.39 is 5.54 Å². The minimum absolute atomic E-state index is 0.0919. The molecule has 1 heterocycles. The first kappa shape index (κ1) is 11.6. The lowest BCUT2D eigenvalue weighted by Gasteiger charge is -2.23. The lowest BCUT2D eigenvalue weighted by Crippen LogP contribution is -2.50. The van der Waals surface area contributed by atoms with E-state index in [4.69, 9.17) is 10.3 Å². The third-order valence-electron chi connectivity index (χ3n) is 2.46. The summed E-state index contributed by atoms with van der Waals surface area (Å²) in [5, 5.41) is 6.06. The summed E-state index contributed by atoms with van der Waals surface area (Å²) in [7, 11) is 0. The van der Waals surface area contributed by atoms with Gasteiger partial charge in [-0.1, -0.05) is 19.0 Å². The predicted molar refractivity (Wildman–Crippen MR) is 55.2 cm³/mol. The van der Waals surface area contributed by atoms with Gasteiger partial charge in [0.25, 0.3) is 0 Å². The smallest absolute Gasteiger partial charge is 0.317 e. The third kappa shape index (κ3) is 2.53. The van der Waals surface area contributed by atoms with E-state index in [0.29, 0.717) is 18.7 Å².